The van der Waals surface area contributed by atoms with Crippen LogP contribution in [0.3, 0.4) is 0 Å². The first-order valence-corrected chi connectivity index (χ1v) is 10.6. The van der Waals surface area contributed by atoms with Gasteiger partial charge < -0.3 is 14.2 Å². The van der Waals surface area contributed by atoms with Gasteiger partial charge in [-0.15, -0.1) is 0 Å². The molecule has 0 aromatic heterocycles. The van der Waals surface area contributed by atoms with Crippen LogP contribution in [0.25, 0.3) is 0 Å². The molecule has 0 saturated carbocycles. The van der Waals surface area contributed by atoms with Gasteiger partial charge in [0.15, 0.2) is 17.3 Å². The van der Waals surface area contributed by atoms with Crippen LogP contribution >= 0.6 is 0 Å². The van der Waals surface area contributed by atoms with Gasteiger partial charge in [0.05, 0.1) is 33.3 Å². The van der Waals surface area contributed by atoms with Crippen LogP contribution in [0.2, 0.25) is 0 Å². The lowest BCUT2D eigenvalue weighted by molar-refractivity contribution is -0.116. The summed E-state index contributed by atoms with van der Waals surface area (Å²) < 4.78 is 16.1. The molecular weight excluding hydrogens is 404 g/mol. The number of nitrogens with zero attached hydrogens (tertiary/aromatic N) is 2. The highest BCUT2D eigenvalue weighted by Crippen LogP contribution is 2.47. The van der Waals surface area contributed by atoms with Gasteiger partial charge in [0.2, 0.25) is 0 Å². The van der Waals surface area contributed by atoms with Crippen LogP contribution in [0.15, 0.2) is 58.7 Å². The molecule has 0 saturated heterocycles. The van der Waals surface area contributed by atoms with Crippen molar-refractivity contribution in [1.29, 1.82) is 5.26 Å². The third-order valence-corrected chi connectivity index (χ3v) is 6.38. The van der Waals surface area contributed by atoms with Crippen molar-refractivity contribution in [3.8, 4) is 23.3 Å². The third kappa shape index (κ3) is 3.75. The summed E-state index contributed by atoms with van der Waals surface area (Å²) in [6.07, 6.45) is 1.05. The maximum atomic E-state index is 13.4. The fraction of sp³-hybridized carbons (Fsp3) is 0.346. The highest BCUT2D eigenvalue weighted by atomic mass is 16.5. The molecule has 0 bridgehead atoms. The predicted octanol–water partition coefficient (Wildman–Crippen LogP) is 4.81. The summed E-state index contributed by atoms with van der Waals surface area (Å²) >= 11 is 0. The number of carbonyl (C=O) groups excluding carboxylic acids is 1. The monoisotopic (exact) mass is 430 g/mol. The highest BCUT2D eigenvalue weighted by molar-refractivity contribution is 6.03. The summed E-state index contributed by atoms with van der Waals surface area (Å²) in [5.74, 6) is 1.17. The minimum Gasteiger partial charge on any atom is -0.497 e. The van der Waals surface area contributed by atoms with Crippen molar-refractivity contribution < 1.29 is 19.0 Å². The molecule has 0 N–H and O–H groups in total. The lowest BCUT2D eigenvalue weighted by Crippen LogP contribution is -2.32. The molecule has 1 heterocycles. The molecule has 6 heteroatoms. The summed E-state index contributed by atoms with van der Waals surface area (Å²) in [5, 5.41) is 9.94. The van der Waals surface area contributed by atoms with E-state index in [0.717, 1.165) is 28.3 Å². The van der Waals surface area contributed by atoms with Gasteiger partial charge >= 0.3 is 0 Å². The first kappa shape index (κ1) is 21.6. The molecule has 1 aliphatic heterocycles. The first-order valence-electron chi connectivity index (χ1n) is 10.6. The predicted molar refractivity (Wildman–Crippen MR) is 122 cm³/mol. The van der Waals surface area contributed by atoms with Crippen LogP contribution in [0.5, 0.6) is 17.2 Å². The lowest BCUT2D eigenvalue weighted by atomic mass is 9.69. The van der Waals surface area contributed by atoms with Crippen LogP contribution in [-0.2, 0) is 4.79 Å². The van der Waals surface area contributed by atoms with Gasteiger partial charge in [0.1, 0.15) is 5.75 Å². The number of methoxy groups -OCH3 is 3. The molecule has 1 unspecified atom stereocenters. The summed E-state index contributed by atoms with van der Waals surface area (Å²) in [6.45, 7) is 1.87. The second-order valence-electron chi connectivity index (χ2n) is 8.11. The smallest absolute Gasteiger partial charge is 0.161 e. The lowest BCUT2D eigenvalue weighted by Gasteiger charge is -2.35. The van der Waals surface area contributed by atoms with Gasteiger partial charge in [-0.3, -0.25) is 9.79 Å². The van der Waals surface area contributed by atoms with Crippen molar-refractivity contribution in [3.05, 3.63) is 64.9 Å². The SMILES string of the molecule is COc1ccc([C@H]2CC(=O)C3=C(C2)N=C(C)C(C#N)[C@H]3c2ccc(OC)c(OC)c2)cc1. The van der Waals surface area contributed by atoms with Gasteiger partial charge in [-0.25, -0.2) is 0 Å². The van der Waals surface area contributed by atoms with Crippen LogP contribution in [-0.4, -0.2) is 32.8 Å². The molecule has 0 fully saturated rings. The molecular formula is C26H26N2O4. The normalized spacial score (nSPS) is 22.5. The number of benzene rings is 2. The fourth-order valence-corrected chi connectivity index (χ4v) is 4.74. The summed E-state index contributed by atoms with van der Waals surface area (Å²) in [7, 11) is 4.79. The van der Waals surface area contributed by atoms with Crippen molar-refractivity contribution in [1.82, 2.24) is 0 Å². The molecule has 1 aliphatic carbocycles. The largest absolute Gasteiger partial charge is 0.497 e. The number of hydrogen-bond donors (Lipinski definition) is 0. The van der Waals surface area contributed by atoms with E-state index < -0.39 is 5.92 Å². The third-order valence-electron chi connectivity index (χ3n) is 6.38. The molecule has 32 heavy (non-hydrogen) atoms. The number of allylic oxidation sites excluding steroid dienone is 2. The highest BCUT2D eigenvalue weighted by Gasteiger charge is 2.41. The molecule has 0 spiro atoms. The number of nitriles is 1. The zero-order valence-corrected chi connectivity index (χ0v) is 18.7. The summed E-state index contributed by atoms with van der Waals surface area (Å²) in [4.78, 5) is 18.2. The zero-order valence-electron chi connectivity index (χ0n) is 18.7. The van der Waals surface area contributed by atoms with E-state index >= 15 is 0 Å². The second kappa shape index (κ2) is 8.88. The van der Waals surface area contributed by atoms with Crippen LogP contribution in [0.4, 0.5) is 0 Å². The topological polar surface area (TPSA) is 80.9 Å². The molecule has 6 nitrogen and oxygen atoms in total. The van der Waals surface area contributed by atoms with E-state index in [4.69, 9.17) is 19.2 Å². The fourth-order valence-electron chi connectivity index (χ4n) is 4.74. The van der Waals surface area contributed by atoms with Crippen LogP contribution in [0, 0.1) is 17.2 Å². The molecule has 164 valence electrons. The van der Waals surface area contributed by atoms with Crippen molar-refractivity contribution >= 4 is 11.5 Å². The van der Waals surface area contributed by atoms with E-state index in [1.165, 1.54) is 0 Å². The molecule has 0 radical (unpaired) electrons. The molecule has 2 aromatic carbocycles. The Morgan fingerprint density at radius 2 is 1.62 bits per heavy atom. The number of hydrogen-bond acceptors (Lipinski definition) is 6. The number of Topliss-reactive ketones (excluding diaryl/α,β-unsaturated/α-hetero) is 1. The zero-order chi connectivity index (χ0) is 22.8. The van der Waals surface area contributed by atoms with Gasteiger partial charge in [-0.2, -0.15) is 5.26 Å². The Kier molecular flexibility index (Phi) is 6.00. The molecule has 4 rings (SSSR count). The van der Waals surface area contributed by atoms with E-state index in [1.807, 2.05) is 49.4 Å². The Morgan fingerprint density at radius 1 is 0.938 bits per heavy atom. The Hall–Kier alpha value is -3.59. The van der Waals surface area contributed by atoms with E-state index in [9.17, 15) is 10.1 Å². The van der Waals surface area contributed by atoms with Crippen LogP contribution < -0.4 is 14.2 Å². The Bertz CT molecular complexity index is 1140. The van der Waals surface area contributed by atoms with E-state index in [0.29, 0.717) is 29.9 Å². The van der Waals surface area contributed by atoms with Crippen molar-refractivity contribution in [2.75, 3.05) is 21.3 Å². The Balaban J connectivity index is 1.76. The maximum absolute atomic E-state index is 13.4. The van der Waals surface area contributed by atoms with Gasteiger partial charge in [-0.1, -0.05) is 18.2 Å². The van der Waals surface area contributed by atoms with E-state index in [2.05, 4.69) is 6.07 Å². The average molecular weight is 431 g/mol. The quantitative estimate of drug-likeness (QED) is 0.680. The molecule has 0 amide bonds. The summed E-state index contributed by atoms with van der Waals surface area (Å²) in [5.41, 5.74) is 4.11. The Morgan fingerprint density at radius 3 is 2.25 bits per heavy atom. The molecule has 2 aliphatic rings. The van der Waals surface area contributed by atoms with Gasteiger partial charge in [0, 0.05) is 29.3 Å². The van der Waals surface area contributed by atoms with E-state index in [1.54, 1.807) is 21.3 Å². The summed E-state index contributed by atoms with van der Waals surface area (Å²) in [6, 6.07) is 15.8. The molecule has 3 atom stereocenters. The maximum Gasteiger partial charge on any atom is 0.161 e. The standard InChI is InChI=1S/C26H26N2O4/c1-15-20(14-27)25(17-7-10-23(31-3)24(13-17)32-4)26-21(28-15)11-18(12-22(26)29)16-5-8-19(30-2)9-6-16/h5-10,13,18,20,25H,11-12H2,1-4H3/t18-,20?,25-/m1/s1. The van der Waals surface area contributed by atoms with Crippen LogP contribution in [0.1, 0.15) is 42.7 Å². The average Bonchev–Trinajstić information content (AvgIpc) is 2.82. The van der Waals surface area contributed by atoms with Gasteiger partial charge in [-0.05, 0) is 54.7 Å². The number of rotatable bonds is 5. The van der Waals surface area contributed by atoms with Crippen molar-refractivity contribution in [2.24, 2.45) is 10.9 Å². The van der Waals surface area contributed by atoms with E-state index in [-0.39, 0.29) is 17.6 Å². The Labute approximate surface area is 188 Å². The van der Waals surface area contributed by atoms with Crippen molar-refractivity contribution in [3.63, 3.8) is 0 Å². The van der Waals surface area contributed by atoms with Gasteiger partial charge in [0.25, 0.3) is 0 Å². The van der Waals surface area contributed by atoms with Crippen molar-refractivity contribution in [2.45, 2.75) is 31.6 Å². The number of ketones is 1. The minimum absolute atomic E-state index is 0.0448. The number of carbonyl (C=O) groups is 1. The second-order valence-corrected chi connectivity index (χ2v) is 8.11. The first-order chi connectivity index (χ1) is 15.5. The number of ether oxygens (including phenoxy) is 3. The number of aliphatic imine (C=N–C) groups is 1. The molecule has 2 aromatic rings. The minimum atomic E-state index is -0.506.